The normalized spacial score (nSPS) is 11.0. The molecule has 0 saturated heterocycles. The molecule has 0 unspecified atom stereocenters. The van der Waals surface area contributed by atoms with Crippen LogP contribution in [0, 0.1) is 0 Å². The molecular weight excluding hydrogens is 396 g/mol. The Kier molecular flexibility index (Phi) is 8.75. The molecule has 0 spiro atoms. The summed E-state index contributed by atoms with van der Waals surface area (Å²) < 4.78 is 42.7. The third-order valence-corrected chi connectivity index (χ3v) is 5.32. The van der Waals surface area contributed by atoms with Gasteiger partial charge in [0.05, 0.1) is 25.2 Å². The van der Waals surface area contributed by atoms with E-state index in [1.165, 1.54) is 19.2 Å². The maximum Gasteiger partial charge on any atom is 0.240 e. The zero-order valence-corrected chi connectivity index (χ0v) is 17.3. The maximum absolute atomic E-state index is 12.2. The SMILES string of the molecule is CCOc1ccc(OCCNC(=O)CCNS(=O)(=O)c2ccc(OC)cc2)cc1. The highest BCUT2D eigenvalue weighted by Crippen LogP contribution is 2.17. The van der Waals surface area contributed by atoms with Gasteiger partial charge in [-0.1, -0.05) is 0 Å². The number of methoxy groups -OCH3 is 1. The van der Waals surface area contributed by atoms with Crippen molar-refractivity contribution in [3.05, 3.63) is 48.5 Å². The van der Waals surface area contributed by atoms with Gasteiger partial charge >= 0.3 is 0 Å². The van der Waals surface area contributed by atoms with Crippen molar-refractivity contribution in [3.63, 3.8) is 0 Å². The molecule has 0 aliphatic heterocycles. The van der Waals surface area contributed by atoms with E-state index in [9.17, 15) is 13.2 Å². The lowest BCUT2D eigenvalue weighted by molar-refractivity contribution is -0.121. The molecule has 2 N–H and O–H groups in total. The summed E-state index contributed by atoms with van der Waals surface area (Å²) in [6.45, 7) is 3.13. The summed E-state index contributed by atoms with van der Waals surface area (Å²) >= 11 is 0. The largest absolute Gasteiger partial charge is 0.497 e. The van der Waals surface area contributed by atoms with Crippen LogP contribution in [0.1, 0.15) is 13.3 Å². The highest BCUT2D eigenvalue weighted by molar-refractivity contribution is 7.89. The average molecular weight is 423 g/mol. The number of amides is 1. The van der Waals surface area contributed by atoms with Crippen LogP contribution in [0.2, 0.25) is 0 Å². The average Bonchev–Trinajstić information content (AvgIpc) is 2.72. The number of sulfonamides is 1. The first-order chi connectivity index (χ1) is 13.9. The lowest BCUT2D eigenvalue weighted by atomic mass is 10.3. The molecule has 0 fully saturated rings. The van der Waals surface area contributed by atoms with Gasteiger partial charge < -0.3 is 19.5 Å². The molecule has 2 aromatic carbocycles. The second kappa shape index (κ2) is 11.3. The monoisotopic (exact) mass is 422 g/mol. The van der Waals surface area contributed by atoms with Crippen molar-refractivity contribution in [1.29, 1.82) is 0 Å². The minimum Gasteiger partial charge on any atom is -0.497 e. The van der Waals surface area contributed by atoms with E-state index in [0.29, 0.717) is 31.3 Å². The van der Waals surface area contributed by atoms with E-state index in [4.69, 9.17) is 14.2 Å². The van der Waals surface area contributed by atoms with Crippen LogP contribution in [0.3, 0.4) is 0 Å². The number of hydrogen-bond acceptors (Lipinski definition) is 6. The summed E-state index contributed by atoms with van der Waals surface area (Å²) in [7, 11) is -2.17. The second-order valence-corrected chi connectivity index (χ2v) is 7.69. The molecule has 2 aromatic rings. The molecule has 0 aliphatic rings. The number of ether oxygens (including phenoxy) is 3. The van der Waals surface area contributed by atoms with Crippen molar-refractivity contribution in [2.24, 2.45) is 0 Å². The van der Waals surface area contributed by atoms with Crippen LogP contribution < -0.4 is 24.2 Å². The van der Waals surface area contributed by atoms with Crippen LogP contribution in [0.15, 0.2) is 53.4 Å². The van der Waals surface area contributed by atoms with Crippen molar-refractivity contribution in [2.45, 2.75) is 18.2 Å². The fourth-order valence-electron chi connectivity index (χ4n) is 2.38. The Morgan fingerprint density at radius 1 is 0.897 bits per heavy atom. The highest BCUT2D eigenvalue weighted by atomic mass is 32.2. The van der Waals surface area contributed by atoms with Crippen molar-refractivity contribution in [1.82, 2.24) is 10.0 Å². The summed E-state index contributed by atoms with van der Waals surface area (Å²) in [6.07, 6.45) is 0.0262. The van der Waals surface area contributed by atoms with E-state index >= 15 is 0 Å². The van der Waals surface area contributed by atoms with Crippen molar-refractivity contribution >= 4 is 15.9 Å². The minimum absolute atomic E-state index is 0.0000558. The Morgan fingerprint density at radius 2 is 1.48 bits per heavy atom. The van der Waals surface area contributed by atoms with Gasteiger partial charge in [-0.3, -0.25) is 4.79 Å². The van der Waals surface area contributed by atoms with Crippen LogP contribution in [-0.2, 0) is 14.8 Å². The standard InChI is InChI=1S/C20H26N2O6S/c1-3-27-17-4-6-18(7-5-17)28-15-14-21-20(23)12-13-22-29(24,25)19-10-8-16(26-2)9-11-19/h4-11,22H,3,12-15H2,1-2H3,(H,21,23). The van der Waals surface area contributed by atoms with E-state index in [1.807, 2.05) is 19.1 Å². The zero-order chi connectivity index (χ0) is 21.1. The topological polar surface area (TPSA) is 103 Å². The van der Waals surface area contributed by atoms with Crippen molar-refractivity contribution in [3.8, 4) is 17.2 Å². The van der Waals surface area contributed by atoms with Gasteiger partial charge in [0.2, 0.25) is 15.9 Å². The first-order valence-corrected chi connectivity index (χ1v) is 10.7. The summed E-state index contributed by atoms with van der Waals surface area (Å²) in [5.74, 6) is 1.74. The van der Waals surface area contributed by atoms with Gasteiger partial charge in [0.25, 0.3) is 0 Å². The fraction of sp³-hybridized carbons (Fsp3) is 0.350. The van der Waals surface area contributed by atoms with Gasteiger partial charge in [0, 0.05) is 13.0 Å². The van der Waals surface area contributed by atoms with Crippen LogP contribution in [0.4, 0.5) is 0 Å². The van der Waals surface area contributed by atoms with Crippen LogP contribution in [-0.4, -0.2) is 47.7 Å². The van der Waals surface area contributed by atoms with Gasteiger partial charge in [-0.15, -0.1) is 0 Å². The quantitative estimate of drug-likeness (QED) is 0.507. The lowest BCUT2D eigenvalue weighted by Crippen LogP contribution is -2.32. The highest BCUT2D eigenvalue weighted by Gasteiger charge is 2.14. The van der Waals surface area contributed by atoms with Crippen molar-refractivity contribution in [2.75, 3.05) is 33.4 Å². The predicted octanol–water partition coefficient (Wildman–Crippen LogP) is 1.96. The van der Waals surface area contributed by atoms with Crippen LogP contribution in [0.5, 0.6) is 17.2 Å². The predicted molar refractivity (Wildman–Crippen MR) is 109 cm³/mol. The molecule has 2 rings (SSSR count). The number of benzene rings is 2. The second-order valence-electron chi connectivity index (χ2n) is 5.93. The van der Waals surface area contributed by atoms with Gasteiger partial charge in [0.1, 0.15) is 23.9 Å². The Labute approximate surface area is 171 Å². The van der Waals surface area contributed by atoms with E-state index in [-0.39, 0.29) is 23.8 Å². The molecule has 158 valence electrons. The molecule has 29 heavy (non-hydrogen) atoms. The van der Waals surface area contributed by atoms with Crippen LogP contribution >= 0.6 is 0 Å². The number of carbonyl (C=O) groups excluding carboxylic acids is 1. The minimum atomic E-state index is -3.67. The first kappa shape index (κ1) is 22.5. The lowest BCUT2D eigenvalue weighted by Gasteiger charge is -2.10. The molecule has 0 saturated carbocycles. The van der Waals surface area contributed by atoms with Crippen LogP contribution in [0.25, 0.3) is 0 Å². The Bertz CT molecular complexity index is 867. The van der Waals surface area contributed by atoms with Crippen molar-refractivity contribution < 1.29 is 27.4 Å². The van der Waals surface area contributed by atoms with Gasteiger partial charge in [-0.25, -0.2) is 13.1 Å². The molecule has 0 atom stereocenters. The summed E-state index contributed by atoms with van der Waals surface area (Å²) in [5.41, 5.74) is 0. The molecular formula is C20H26N2O6S. The molecule has 0 radical (unpaired) electrons. The van der Waals surface area contributed by atoms with E-state index in [1.54, 1.807) is 24.3 Å². The van der Waals surface area contributed by atoms with Gasteiger partial charge in [0.15, 0.2) is 0 Å². The Balaban J connectivity index is 1.65. The van der Waals surface area contributed by atoms with Gasteiger partial charge in [-0.05, 0) is 55.5 Å². The number of carbonyl (C=O) groups is 1. The molecule has 0 bridgehead atoms. The van der Waals surface area contributed by atoms with Gasteiger partial charge in [-0.2, -0.15) is 0 Å². The third kappa shape index (κ3) is 7.63. The van der Waals surface area contributed by atoms with E-state index in [2.05, 4.69) is 10.0 Å². The molecule has 8 nitrogen and oxygen atoms in total. The Hall–Kier alpha value is -2.78. The number of hydrogen-bond donors (Lipinski definition) is 2. The third-order valence-electron chi connectivity index (χ3n) is 3.84. The smallest absolute Gasteiger partial charge is 0.240 e. The molecule has 0 aliphatic carbocycles. The number of nitrogens with one attached hydrogen (secondary N) is 2. The van der Waals surface area contributed by atoms with E-state index in [0.717, 1.165) is 5.75 Å². The summed E-state index contributed by atoms with van der Waals surface area (Å²) in [5, 5.41) is 2.69. The molecule has 0 aromatic heterocycles. The zero-order valence-electron chi connectivity index (χ0n) is 16.5. The molecule has 1 amide bonds. The fourth-order valence-corrected chi connectivity index (χ4v) is 3.42. The van der Waals surface area contributed by atoms with E-state index < -0.39 is 10.0 Å². The summed E-state index contributed by atoms with van der Waals surface area (Å²) in [6, 6.07) is 13.2. The first-order valence-electron chi connectivity index (χ1n) is 9.20. The molecule has 9 heteroatoms. The summed E-state index contributed by atoms with van der Waals surface area (Å²) in [4.78, 5) is 12.0. The molecule has 0 heterocycles. The maximum atomic E-state index is 12.2. The number of rotatable bonds is 12. The Morgan fingerprint density at radius 3 is 2.07 bits per heavy atom.